The fraction of sp³-hybridized carbons (Fsp3) is 0.350. The first-order valence-corrected chi connectivity index (χ1v) is 8.22. The predicted octanol–water partition coefficient (Wildman–Crippen LogP) is 4.90. The fourth-order valence-electron chi connectivity index (χ4n) is 3.41. The predicted molar refractivity (Wildman–Crippen MR) is 91.3 cm³/mol. The van der Waals surface area contributed by atoms with Crippen molar-refractivity contribution in [2.24, 2.45) is 5.92 Å². The van der Waals surface area contributed by atoms with Crippen molar-refractivity contribution in [3.8, 4) is 0 Å². The van der Waals surface area contributed by atoms with E-state index in [-0.39, 0.29) is 5.92 Å². The zero-order valence-corrected chi connectivity index (χ0v) is 13.0. The standard InChI is InChI=1S/C20H21NO/c1-14(10-11-22)16-8-9-20-18(12-16)17-4-2-3-5-19(17)21(20)13-15-6-7-15/h2-5,8-9,11-12,14-15H,6-7,10,13H2,1H3. The summed E-state index contributed by atoms with van der Waals surface area (Å²) in [5.74, 6) is 1.14. The van der Waals surface area contributed by atoms with Crippen LogP contribution in [0.4, 0.5) is 0 Å². The number of aldehydes is 1. The van der Waals surface area contributed by atoms with Crippen LogP contribution in [0.15, 0.2) is 42.5 Å². The molecule has 0 spiro atoms. The van der Waals surface area contributed by atoms with Crippen molar-refractivity contribution in [2.45, 2.75) is 38.6 Å². The van der Waals surface area contributed by atoms with Crippen molar-refractivity contribution < 1.29 is 4.79 Å². The van der Waals surface area contributed by atoms with E-state index >= 15 is 0 Å². The molecule has 0 aliphatic heterocycles. The van der Waals surface area contributed by atoms with Gasteiger partial charge in [-0.1, -0.05) is 31.2 Å². The summed E-state index contributed by atoms with van der Waals surface area (Å²) in [7, 11) is 0. The molecular formula is C20H21NO. The van der Waals surface area contributed by atoms with Gasteiger partial charge in [0.25, 0.3) is 0 Å². The molecule has 1 aromatic heterocycles. The topological polar surface area (TPSA) is 22.0 Å². The van der Waals surface area contributed by atoms with E-state index in [0.717, 1.165) is 18.7 Å². The van der Waals surface area contributed by atoms with Crippen LogP contribution < -0.4 is 0 Å². The van der Waals surface area contributed by atoms with Crippen LogP contribution in [0, 0.1) is 5.92 Å². The molecule has 0 radical (unpaired) electrons. The summed E-state index contributed by atoms with van der Waals surface area (Å²) < 4.78 is 2.48. The molecule has 22 heavy (non-hydrogen) atoms. The average molecular weight is 291 g/mol. The highest BCUT2D eigenvalue weighted by Crippen LogP contribution is 2.36. The average Bonchev–Trinajstić information content (AvgIpc) is 3.31. The third-order valence-electron chi connectivity index (χ3n) is 4.95. The Bertz CT molecular complexity index is 841. The zero-order valence-electron chi connectivity index (χ0n) is 13.0. The van der Waals surface area contributed by atoms with Crippen molar-refractivity contribution in [2.75, 3.05) is 0 Å². The highest BCUT2D eigenvalue weighted by Gasteiger charge is 2.23. The van der Waals surface area contributed by atoms with Crippen LogP contribution in [-0.4, -0.2) is 10.9 Å². The van der Waals surface area contributed by atoms with E-state index in [1.54, 1.807) is 0 Å². The summed E-state index contributed by atoms with van der Waals surface area (Å²) in [5.41, 5.74) is 3.92. The summed E-state index contributed by atoms with van der Waals surface area (Å²) in [6, 6.07) is 15.4. The number of hydrogen-bond acceptors (Lipinski definition) is 1. The number of para-hydroxylation sites is 1. The molecule has 0 amide bonds. The summed E-state index contributed by atoms with van der Waals surface area (Å²) in [4.78, 5) is 10.8. The molecule has 1 atom stereocenters. The van der Waals surface area contributed by atoms with E-state index < -0.39 is 0 Å². The molecule has 4 rings (SSSR count). The van der Waals surface area contributed by atoms with Crippen LogP contribution in [-0.2, 0) is 11.3 Å². The Labute approximate surface area is 130 Å². The van der Waals surface area contributed by atoms with Crippen molar-refractivity contribution >= 4 is 28.1 Å². The monoisotopic (exact) mass is 291 g/mol. The van der Waals surface area contributed by atoms with E-state index in [9.17, 15) is 4.79 Å². The van der Waals surface area contributed by atoms with Crippen molar-refractivity contribution in [1.82, 2.24) is 4.57 Å². The largest absolute Gasteiger partial charge is 0.340 e. The van der Waals surface area contributed by atoms with Gasteiger partial charge in [0.2, 0.25) is 0 Å². The van der Waals surface area contributed by atoms with Gasteiger partial charge < -0.3 is 9.36 Å². The van der Waals surface area contributed by atoms with Gasteiger partial charge in [-0.25, -0.2) is 0 Å². The summed E-state index contributed by atoms with van der Waals surface area (Å²) in [6.07, 6.45) is 4.34. The van der Waals surface area contributed by atoms with Crippen molar-refractivity contribution in [3.63, 3.8) is 0 Å². The second kappa shape index (κ2) is 5.28. The lowest BCUT2D eigenvalue weighted by Gasteiger charge is -2.10. The number of carbonyl (C=O) groups excluding carboxylic acids is 1. The maximum Gasteiger partial charge on any atom is 0.120 e. The Hall–Kier alpha value is -2.09. The van der Waals surface area contributed by atoms with Crippen molar-refractivity contribution in [3.05, 3.63) is 48.0 Å². The lowest BCUT2D eigenvalue weighted by atomic mass is 9.97. The van der Waals surface area contributed by atoms with Gasteiger partial charge in [-0.2, -0.15) is 0 Å². The van der Waals surface area contributed by atoms with Gasteiger partial charge >= 0.3 is 0 Å². The van der Waals surface area contributed by atoms with Crippen LogP contribution >= 0.6 is 0 Å². The van der Waals surface area contributed by atoms with E-state index in [1.807, 2.05) is 0 Å². The number of hydrogen-bond donors (Lipinski definition) is 0. The molecule has 0 N–H and O–H groups in total. The molecule has 2 heteroatoms. The summed E-state index contributed by atoms with van der Waals surface area (Å²) in [6.45, 7) is 3.26. The van der Waals surface area contributed by atoms with Crippen molar-refractivity contribution in [1.29, 1.82) is 0 Å². The molecule has 1 heterocycles. The van der Waals surface area contributed by atoms with Gasteiger partial charge in [-0.15, -0.1) is 0 Å². The molecule has 1 aliphatic rings. The van der Waals surface area contributed by atoms with Gasteiger partial charge in [-0.05, 0) is 48.4 Å². The Morgan fingerprint density at radius 1 is 1.14 bits per heavy atom. The van der Waals surface area contributed by atoms with E-state index in [4.69, 9.17) is 0 Å². The molecule has 0 saturated heterocycles. The van der Waals surface area contributed by atoms with Crippen LogP contribution in [0.2, 0.25) is 0 Å². The maximum absolute atomic E-state index is 10.8. The quantitative estimate of drug-likeness (QED) is 0.613. The number of nitrogens with zero attached hydrogens (tertiary/aromatic N) is 1. The fourth-order valence-corrected chi connectivity index (χ4v) is 3.41. The van der Waals surface area contributed by atoms with Crippen LogP contribution in [0.5, 0.6) is 0 Å². The van der Waals surface area contributed by atoms with Gasteiger partial charge in [0.05, 0.1) is 0 Å². The Kier molecular flexibility index (Phi) is 3.25. The first-order chi connectivity index (χ1) is 10.8. The minimum absolute atomic E-state index is 0.285. The lowest BCUT2D eigenvalue weighted by molar-refractivity contribution is -0.108. The number of aromatic nitrogens is 1. The number of carbonyl (C=O) groups is 1. The number of benzene rings is 2. The molecule has 1 fully saturated rings. The van der Waals surface area contributed by atoms with Crippen LogP contribution in [0.3, 0.4) is 0 Å². The number of fused-ring (bicyclic) bond motifs is 3. The smallest absolute Gasteiger partial charge is 0.120 e. The molecule has 1 aliphatic carbocycles. The molecular weight excluding hydrogens is 270 g/mol. The normalized spacial score (nSPS) is 16.2. The van der Waals surface area contributed by atoms with Crippen LogP contribution in [0.1, 0.15) is 37.7 Å². The van der Waals surface area contributed by atoms with Gasteiger partial charge in [0.15, 0.2) is 0 Å². The van der Waals surface area contributed by atoms with E-state index in [2.05, 4.69) is 54.0 Å². The third-order valence-corrected chi connectivity index (χ3v) is 4.95. The van der Waals surface area contributed by atoms with Gasteiger partial charge in [0.1, 0.15) is 6.29 Å². The highest BCUT2D eigenvalue weighted by atomic mass is 16.1. The first-order valence-electron chi connectivity index (χ1n) is 8.22. The second-order valence-corrected chi connectivity index (χ2v) is 6.65. The molecule has 1 saturated carbocycles. The second-order valence-electron chi connectivity index (χ2n) is 6.65. The molecule has 1 unspecified atom stereocenters. The lowest BCUT2D eigenvalue weighted by Crippen LogP contribution is -1.99. The first kappa shape index (κ1) is 13.6. The van der Waals surface area contributed by atoms with E-state index in [1.165, 1.54) is 40.2 Å². The van der Waals surface area contributed by atoms with E-state index in [0.29, 0.717) is 6.42 Å². The molecule has 2 nitrogen and oxygen atoms in total. The van der Waals surface area contributed by atoms with Gasteiger partial charge in [-0.3, -0.25) is 0 Å². The maximum atomic E-state index is 10.8. The molecule has 2 aromatic carbocycles. The zero-order chi connectivity index (χ0) is 15.1. The Morgan fingerprint density at radius 2 is 1.91 bits per heavy atom. The minimum Gasteiger partial charge on any atom is -0.340 e. The van der Waals surface area contributed by atoms with Gasteiger partial charge in [0, 0.05) is 34.8 Å². The minimum atomic E-state index is 0.285. The third kappa shape index (κ3) is 2.23. The van der Waals surface area contributed by atoms with Crippen LogP contribution in [0.25, 0.3) is 21.8 Å². The summed E-state index contributed by atoms with van der Waals surface area (Å²) in [5, 5.41) is 2.66. The summed E-state index contributed by atoms with van der Waals surface area (Å²) >= 11 is 0. The Morgan fingerprint density at radius 3 is 2.68 bits per heavy atom. The Balaban J connectivity index is 1.91. The SMILES string of the molecule is CC(CC=O)c1ccc2c(c1)c1ccccc1n2CC1CC1. The molecule has 3 aromatic rings. The number of rotatable bonds is 5. The molecule has 0 bridgehead atoms. The highest BCUT2D eigenvalue weighted by molar-refractivity contribution is 6.08. The molecule has 112 valence electrons.